The van der Waals surface area contributed by atoms with E-state index in [1.807, 2.05) is 11.0 Å². The quantitative estimate of drug-likeness (QED) is 0.860. The number of rotatable bonds is 3. The standard InChI is InChI=1S/C21H24N2O/c1-16-8-9-19-18(15-16)6-4-12-22(19)13-11-21(24)23-14-10-17-5-2-3-7-20(17)23/h2-3,5,7-9,15H,4,6,10-14H2,1H3. The van der Waals surface area contributed by atoms with Gasteiger partial charge in [-0.25, -0.2) is 0 Å². The Morgan fingerprint density at radius 3 is 2.79 bits per heavy atom. The molecule has 2 aromatic rings. The van der Waals surface area contributed by atoms with Gasteiger partial charge in [-0.05, 0) is 49.4 Å². The van der Waals surface area contributed by atoms with Gasteiger partial charge in [0, 0.05) is 37.4 Å². The molecule has 0 aromatic heterocycles. The van der Waals surface area contributed by atoms with Crippen molar-refractivity contribution >= 4 is 17.3 Å². The molecule has 124 valence electrons. The molecule has 0 aliphatic carbocycles. The van der Waals surface area contributed by atoms with E-state index in [0.717, 1.165) is 38.2 Å². The van der Waals surface area contributed by atoms with Gasteiger partial charge in [0.15, 0.2) is 0 Å². The van der Waals surface area contributed by atoms with Crippen molar-refractivity contribution in [3.8, 4) is 0 Å². The Labute approximate surface area is 143 Å². The molecule has 0 radical (unpaired) electrons. The summed E-state index contributed by atoms with van der Waals surface area (Å²) in [5.41, 5.74) is 6.48. The lowest BCUT2D eigenvalue weighted by atomic mass is 9.99. The fourth-order valence-corrected chi connectivity index (χ4v) is 4.00. The van der Waals surface area contributed by atoms with Gasteiger partial charge in [-0.2, -0.15) is 0 Å². The molecule has 0 bridgehead atoms. The summed E-state index contributed by atoms with van der Waals surface area (Å²) < 4.78 is 0. The molecule has 24 heavy (non-hydrogen) atoms. The second-order valence-corrected chi connectivity index (χ2v) is 6.90. The molecule has 0 saturated carbocycles. The van der Waals surface area contributed by atoms with E-state index in [-0.39, 0.29) is 5.91 Å². The van der Waals surface area contributed by atoms with Gasteiger partial charge in [0.2, 0.25) is 5.91 Å². The Balaban J connectivity index is 1.44. The number of fused-ring (bicyclic) bond motifs is 2. The van der Waals surface area contributed by atoms with Crippen LogP contribution in [0.25, 0.3) is 0 Å². The Kier molecular flexibility index (Phi) is 4.01. The van der Waals surface area contributed by atoms with Crippen LogP contribution in [0.4, 0.5) is 11.4 Å². The highest BCUT2D eigenvalue weighted by Gasteiger charge is 2.25. The minimum Gasteiger partial charge on any atom is -0.371 e. The molecular weight excluding hydrogens is 296 g/mol. The first kappa shape index (κ1) is 15.3. The lowest BCUT2D eigenvalue weighted by molar-refractivity contribution is -0.118. The molecule has 0 atom stereocenters. The predicted molar refractivity (Wildman–Crippen MR) is 98.8 cm³/mol. The summed E-state index contributed by atoms with van der Waals surface area (Å²) in [5.74, 6) is 0.249. The summed E-state index contributed by atoms with van der Waals surface area (Å²) in [6.45, 7) is 4.84. The second kappa shape index (κ2) is 6.31. The Morgan fingerprint density at radius 2 is 1.88 bits per heavy atom. The third kappa shape index (κ3) is 2.79. The molecule has 0 fully saturated rings. The maximum atomic E-state index is 12.7. The highest BCUT2D eigenvalue weighted by atomic mass is 16.2. The van der Waals surface area contributed by atoms with Gasteiger partial charge < -0.3 is 9.80 Å². The maximum absolute atomic E-state index is 12.7. The smallest absolute Gasteiger partial charge is 0.228 e. The van der Waals surface area contributed by atoms with Crippen molar-refractivity contribution in [2.75, 3.05) is 29.4 Å². The van der Waals surface area contributed by atoms with Crippen molar-refractivity contribution in [2.45, 2.75) is 32.6 Å². The van der Waals surface area contributed by atoms with Crippen LogP contribution in [-0.4, -0.2) is 25.5 Å². The van der Waals surface area contributed by atoms with Crippen molar-refractivity contribution in [1.29, 1.82) is 0 Å². The molecule has 4 rings (SSSR count). The minimum atomic E-state index is 0.249. The summed E-state index contributed by atoms with van der Waals surface area (Å²) in [4.78, 5) is 17.1. The zero-order chi connectivity index (χ0) is 16.5. The summed E-state index contributed by atoms with van der Waals surface area (Å²) in [6, 6.07) is 15.0. The highest BCUT2D eigenvalue weighted by Crippen LogP contribution is 2.30. The zero-order valence-corrected chi connectivity index (χ0v) is 14.3. The third-order valence-electron chi connectivity index (χ3n) is 5.23. The SMILES string of the molecule is Cc1ccc2c(c1)CCCN2CCC(=O)N1CCc2ccccc21. The molecule has 0 N–H and O–H groups in total. The summed E-state index contributed by atoms with van der Waals surface area (Å²) in [6.07, 6.45) is 3.90. The fourth-order valence-electron chi connectivity index (χ4n) is 4.00. The number of anilines is 2. The molecule has 2 aromatic carbocycles. The van der Waals surface area contributed by atoms with E-state index >= 15 is 0 Å². The molecule has 2 aliphatic rings. The molecule has 0 spiro atoms. The van der Waals surface area contributed by atoms with Crippen LogP contribution in [0.15, 0.2) is 42.5 Å². The summed E-state index contributed by atoms with van der Waals surface area (Å²) in [5, 5.41) is 0. The summed E-state index contributed by atoms with van der Waals surface area (Å²) >= 11 is 0. The molecule has 1 amide bonds. The Bertz CT molecular complexity index is 768. The topological polar surface area (TPSA) is 23.6 Å². The molecule has 2 aliphatic heterocycles. The third-order valence-corrected chi connectivity index (χ3v) is 5.23. The number of nitrogens with zero attached hydrogens (tertiary/aromatic N) is 2. The first-order chi connectivity index (χ1) is 11.7. The number of amides is 1. The number of carbonyl (C=O) groups is 1. The van der Waals surface area contributed by atoms with Crippen molar-refractivity contribution in [1.82, 2.24) is 0 Å². The van der Waals surface area contributed by atoms with Gasteiger partial charge in [-0.3, -0.25) is 4.79 Å². The van der Waals surface area contributed by atoms with Crippen LogP contribution >= 0.6 is 0 Å². The second-order valence-electron chi connectivity index (χ2n) is 6.90. The number of benzene rings is 2. The van der Waals surface area contributed by atoms with E-state index in [9.17, 15) is 4.79 Å². The van der Waals surface area contributed by atoms with E-state index < -0.39 is 0 Å². The average Bonchev–Trinajstić information content (AvgIpc) is 3.03. The van der Waals surface area contributed by atoms with Crippen LogP contribution in [0.2, 0.25) is 0 Å². The number of carbonyl (C=O) groups excluding carboxylic acids is 1. The van der Waals surface area contributed by atoms with Gasteiger partial charge in [0.25, 0.3) is 0 Å². The van der Waals surface area contributed by atoms with E-state index in [1.54, 1.807) is 0 Å². The van der Waals surface area contributed by atoms with Crippen LogP contribution < -0.4 is 9.80 Å². The zero-order valence-electron chi connectivity index (χ0n) is 14.3. The summed E-state index contributed by atoms with van der Waals surface area (Å²) in [7, 11) is 0. The van der Waals surface area contributed by atoms with E-state index in [4.69, 9.17) is 0 Å². The lowest BCUT2D eigenvalue weighted by Crippen LogP contribution is -2.35. The van der Waals surface area contributed by atoms with Crippen LogP contribution in [0.3, 0.4) is 0 Å². The molecule has 3 heteroatoms. The van der Waals surface area contributed by atoms with E-state index in [1.165, 1.54) is 28.8 Å². The minimum absolute atomic E-state index is 0.249. The van der Waals surface area contributed by atoms with Crippen molar-refractivity contribution in [2.24, 2.45) is 0 Å². The van der Waals surface area contributed by atoms with Crippen molar-refractivity contribution in [3.05, 3.63) is 59.2 Å². The fraction of sp³-hybridized carbons (Fsp3) is 0.381. The van der Waals surface area contributed by atoms with Gasteiger partial charge in [-0.15, -0.1) is 0 Å². The number of para-hydroxylation sites is 1. The number of aryl methyl sites for hydroxylation is 2. The highest BCUT2D eigenvalue weighted by molar-refractivity contribution is 5.95. The van der Waals surface area contributed by atoms with Gasteiger partial charge in [0.05, 0.1) is 0 Å². The van der Waals surface area contributed by atoms with Crippen LogP contribution in [0, 0.1) is 6.92 Å². The molecular formula is C21H24N2O. The first-order valence-corrected chi connectivity index (χ1v) is 8.95. The molecule has 0 saturated heterocycles. The van der Waals surface area contributed by atoms with Gasteiger partial charge in [-0.1, -0.05) is 35.9 Å². The monoisotopic (exact) mass is 320 g/mol. The maximum Gasteiger partial charge on any atom is 0.228 e. The molecule has 0 unspecified atom stereocenters. The van der Waals surface area contributed by atoms with Crippen LogP contribution in [0.5, 0.6) is 0 Å². The predicted octanol–water partition coefficient (Wildman–Crippen LogP) is 3.73. The molecule has 3 nitrogen and oxygen atoms in total. The van der Waals surface area contributed by atoms with Crippen molar-refractivity contribution < 1.29 is 4.79 Å². The van der Waals surface area contributed by atoms with Gasteiger partial charge >= 0.3 is 0 Å². The first-order valence-electron chi connectivity index (χ1n) is 8.95. The van der Waals surface area contributed by atoms with Crippen LogP contribution in [-0.2, 0) is 17.6 Å². The largest absolute Gasteiger partial charge is 0.371 e. The van der Waals surface area contributed by atoms with Crippen molar-refractivity contribution in [3.63, 3.8) is 0 Å². The number of hydrogen-bond donors (Lipinski definition) is 0. The van der Waals surface area contributed by atoms with Crippen LogP contribution in [0.1, 0.15) is 29.5 Å². The lowest BCUT2D eigenvalue weighted by Gasteiger charge is -2.32. The normalized spacial score (nSPS) is 16.0. The Morgan fingerprint density at radius 1 is 1.00 bits per heavy atom. The van der Waals surface area contributed by atoms with E-state index in [2.05, 4.69) is 48.2 Å². The Hall–Kier alpha value is -2.29. The average molecular weight is 320 g/mol. The number of hydrogen-bond acceptors (Lipinski definition) is 2. The van der Waals surface area contributed by atoms with Gasteiger partial charge in [0.1, 0.15) is 0 Å². The molecule has 2 heterocycles. The van der Waals surface area contributed by atoms with E-state index in [0.29, 0.717) is 6.42 Å².